The second kappa shape index (κ2) is 15.2. The van der Waals surface area contributed by atoms with Crippen LogP contribution in [-0.2, 0) is 0 Å². The maximum absolute atomic E-state index is 5.56. The number of hydrogen-bond donors (Lipinski definition) is 0. The van der Waals surface area contributed by atoms with Crippen LogP contribution in [0.2, 0.25) is 0 Å². The highest BCUT2D eigenvalue weighted by molar-refractivity contribution is 6.23. The summed E-state index contributed by atoms with van der Waals surface area (Å²) in [6.45, 7) is 0. The Bertz CT molecular complexity index is 3630. The van der Waals surface area contributed by atoms with Gasteiger partial charge in [0.1, 0.15) is 0 Å². The van der Waals surface area contributed by atoms with Crippen molar-refractivity contribution >= 4 is 43.5 Å². The van der Waals surface area contributed by atoms with Gasteiger partial charge >= 0.3 is 0 Å². The normalized spacial score (nSPS) is 11.5. The largest absolute Gasteiger partial charge is 0.308 e. The molecule has 12 rings (SSSR count). The third-order valence-electron chi connectivity index (χ3n) is 12.2. The molecule has 12 aromatic rings. The van der Waals surface area contributed by atoms with Crippen molar-refractivity contribution in [3.8, 4) is 73.1 Å². The van der Waals surface area contributed by atoms with E-state index in [1.807, 2.05) is 12.1 Å². The van der Waals surface area contributed by atoms with Gasteiger partial charge in [0.25, 0.3) is 0 Å². The van der Waals surface area contributed by atoms with Gasteiger partial charge in [-0.15, -0.1) is 0 Å². The lowest BCUT2D eigenvalue weighted by molar-refractivity contribution is 1.18. The van der Waals surface area contributed by atoms with Gasteiger partial charge in [0.05, 0.1) is 33.6 Å². The Labute approximate surface area is 365 Å². The Balaban J connectivity index is 1.04. The zero-order valence-corrected chi connectivity index (χ0v) is 34.2. The molecule has 9 aromatic carbocycles. The molecular formula is C59H38N4. The summed E-state index contributed by atoms with van der Waals surface area (Å²) in [5.74, 6) is 0.676. The first kappa shape index (κ1) is 36.4. The van der Waals surface area contributed by atoms with Gasteiger partial charge in [-0.25, -0.2) is 15.0 Å². The molecule has 0 bridgehead atoms. The second-order valence-electron chi connectivity index (χ2n) is 15.9. The van der Waals surface area contributed by atoms with Crippen LogP contribution >= 0.6 is 0 Å². The van der Waals surface area contributed by atoms with E-state index in [-0.39, 0.29) is 0 Å². The van der Waals surface area contributed by atoms with Crippen LogP contribution in [0.4, 0.5) is 0 Å². The van der Waals surface area contributed by atoms with Gasteiger partial charge in [-0.1, -0.05) is 200 Å². The second-order valence-corrected chi connectivity index (χ2v) is 15.9. The lowest BCUT2D eigenvalue weighted by Crippen LogP contribution is -1.97. The smallest absolute Gasteiger partial charge is 0.160 e. The topological polar surface area (TPSA) is 43.6 Å². The van der Waals surface area contributed by atoms with Gasteiger partial charge in [-0.05, 0) is 63.4 Å². The van der Waals surface area contributed by atoms with Crippen LogP contribution in [0.15, 0.2) is 231 Å². The van der Waals surface area contributed by atoms with Crippen LogP contribution < -0.4 is 0 Å². The number of nitrogens with zero attached hydrogens (tertiary/aromatic N) is 4. The average Bonchev–Trinajstić information content (AvgIpc) is 3.72. The molecule has 0 radical (unpaired) electrons. The van der Waals surface area contributed by atoms with E-state index >= 15 is 0 Å². The maximum atomic E-state index is 5.56. The molecule has 294 valence electrons. The number of rotatable bonds is 7. The zero-order valence-electron chi connectivity index (χ0n) is 34.2. The molecule has 63 heavy (non-hydrogen) atoms. The number of pyridine rings is 1. The molecule has 0 aliphatic heterocycles. The highest BCUT2D eigenvalue weighted by Gasteiger charge is 2.23. The van der Waals surface area contributed by atoms with E-state index in [1.165, 1.54) is 27.3 Å². The quantitative estimate of drug-likeness (QED) is 0.161. The lowest BCUT2D eigenvalue weighted by Gasteiger charge is -2.17. The fraction of sp³-hybridized carbons (Fsp3) is 0. The first-order chi connectivity index (χ1) is 31.2. The average molecular weight is 803 g/mol. The van der Waals surface area contributed by atoms with Gasteiger partial charge in [0, 0.05) is 44.1 Å². The third-order valence-corrected chi connectivity index (χ3v) is 12.2. The maximum Gasteiger partial charge on any atom is 0.160 e. The van der Waals surface area contributed by atoms with E-state index in [0.717, 1.165) is 83.5 Å². The van der Waals surface area contributed by atoms with Crippen LogP contribution in [-0.4, -0.2) is 19.5 Å². The Morgan fingerprint density at radius 2 is 0.873 bits per heavy atom. The Morgan fingerprint density at radius 1 is 0.349 bits per heavy atom. The zero-order chi connectivity index (χ0) is 41.7. The van der Waals surface area contributed by atoms with E-state index < -0.39 is 0 Å². The molecule has 0 spiro atoms. The molecule has 0 unspecified atom stereocenters. The van der Waals surface area contributed by atoms with Gasteiger partial charge in [-0.3, -0.25) is 0 Å². The summed E-state index contributed by atoms with van der Waals surface area (Å²) in [6.07, 6.45) is 0. The Morgan fingerprint density at radius 3 is 1.60 bits per heavy atom. The van der Waals surface area contributed by atoms with Gasteiger partial charge < -0.3 is 4.57 Å². The highest BCUT2D eigenvalue weighted by Crippen LogP contribution is 2.45. The first-order valence-electron chi connectivity index (χ1n) is 21.4. The fourth-order valence-electron chi connectivity index (χ4n) is 9.23. The van der Waals surface area contributed by atoms with Crippen molar-refractivity contribution < 1.29 is 0 Å². The number of aromatic nitrogens is 4. The van der Waals surface area contributed by atoms with E-state index in [4.69, 9.17) is 15.0 Å². The predicted molar refractivity (Wildman–Crippen MR) is 262 cm³/mol. The summed E-state index contributed by atoms with van der Waals surface area (Å²) in [5, 5.41) is 5.76. The highest BCUT2D eigenvalue weighted by atomic mass is 15.0. The molecule has 3 heterocycles. The van der Waals surface area contributed by atoms with Crippen molar-refractivity contribution in [3.05, 3.63) is 231 Å². The molecule has 4 heteroatoms. The molecule has 0 saturated carbocycles. The summed E-state index contributed by atoms with van der Waals surface area (Å²) in [4.78, 5) is 15.9. The van der Waals surface area contributed by atoms with Gasteiger partial charge in [0.15, 0.2) is 5.82 Å². The molecule has 0 amide bonds. The van der Waals surface area contributed by atoms with Crippen LogP contribution in [0.25, 0.3) is 117 Å². The first-order valence-corrected chi connectivity index (χ1v) is 21.4. The molecule has 0 aliphatic carbocycles. The summed E-state index contributed by atoms with van der Waals surface area (Å²) >= 11 is 0. The molecule has 0 fully saturated rings. The SMILES string of the molecule is c1ccc(-c2ccc(-c3cc(-c4ccccc4)nc(-c4ccc(-c5c(-c6nc7ccccc7c7c6c6ccccc6n7-c6ccccc6)ccc6ccccc56)cc4)n3)cc2)cc1. The Hall–Kier alpha value is -8.47. The van der Waals surface area contributed by atoms with Crippen LogP contribution in [0.5, 0.6) is 0 Å². The molecular weight excluding hydrogens is 765 g/mol. The summed E-state index contributed by atoms with van der Waals surface area (Å²) < 4.78 is 2.41. The van der Waals surface area contributed by atoms with Crippen molar-refractivity contribution in [2.24, 2.45) is 0 Å². The molecule has 4 nitrogen and oxygen atoms in total. The Kier molecular flexibility index (Phi) is 8.79. The van der Waals surface area contributed by atoms with Crippen LogP contribution in [0.1, 0.15) is 0 Å². The molecule has 0 N–H and O–H groups in total. The van der Waals surface area contributed by atoms with Crippen molar-refractivity contribution in [1.82, 2.24) is 19.5 Å². The van der Waals surface area contributed by atoms with Crippen LogP contribution in [0, 0.1) is 0 Å². The van der Waals surface area contributed by atoms with Crippen molar-refractivity contribution in [2.75, 3.05) is 0 Å². The molecule has 0 atom stereocenters. The number of para-hydroxylation sites is 3. The number of benzene rings is 9. The summed E-state index contributed by atoms with van der Waals surface area (Å²) in [5.41, 5.74) is 15.8. The number of fused-ring (bicyclic) bond motifs is 6. The molecule has 0 saturated heterocycles. The summed E-state index contributed by atoms with van der Waals surface area (Å²) in [6, 6.07) is 81.4. The van der Waals surface area contributed by atoms with Crippen molar-refractivity contribution in [1.29, 1.82) is 0 Å². The van der Waals surface area contributed by atoms with Crippen LogP contribution in [0.3, 0.4) is 0 Å². The fourth-order valence-corrected chi connectivity index (χ4v) is 9.23. The van der Waals surface area contributed by atoms with E-state index in [1.54, 1.807) is 0 Å². The van der Waals surface area contributed by atoms with Crippen molar-refractivity contribution in [2.45, 2.75) is 0 Å². The molecule has 3 aromatic heterocycles. The van der Waals surface area contributed by atoms with Gasteiger partial charge in [-0.2, -0.15) is 0 Å². The summed E-state index contributed by atoms with van der Waals surface area (Å²) in [7, 11) is 0. The van der Waals surface area contributed by atoms with Gasteiger partial charge in [0.2, 0.25) is 0 Å². The van der Waals surface area contributed by atoms with E-state index in [0.29, 0.717) is 5.82 Å². The minimum Gasteiger partial charge on any atom is -0.308 e. The minimum atomic E-state index is 0.676. The van der Waals surface area contributed by atoms with E-state index in [2.05, 4.69) is 223 Å². The molecule has 0 aliphatic rings. The number of hydrogen-bond acceptors (Lipinski definition) is 3. The van der Waals surface area contributed by atoms with E-state index in [9.17, 15) is 0 Å². The van der Waals surface area contributed by atoms with Crippen molar-refractivity contribution in [3.63, 3.8) is 0 Å². The minimum absolute atomic E-state index is 0.676. The standard InChI is InChI=1S/C59H38N4/c1-4-16-39(17-5-1)40-28-30-43(31-29-40)53-38-52(42-19-6-2-7-20-42)61-59(62-53)45-34-32-44(33-35-45)55-47-23-11-10-18-41(47)36-37-50(55)57-56-49-25-13-15-27-54(49)63(46-21-8-3-9-22-46)58(56)48-24-12-14-26-51(48)60-57/h1-38H. The monoisotopic (exact) mass is 802 g/mol. The predicted octanol–water partition coefficient (Wildman–Crippen LogP) is 15.3. The third kappa shape index (κ3) is 6.36. The lowest BCUT2D eigenvalue weighted by atomic mass is 9.89.